The van der Waals surface area contributed by atoms with Crippen LogP contribution in [0.3, 0.4) is 0 Å². The van der Waals surface area contributed by atoms with Gasteiger partial charge in [0.25, 0.3) is 0 Å². The Bertz CT molecular complexity index is 570. The fraction of sp³-hybridized carbons (Fsp3) is 0.562. The molecule has 1 fully saturated rings. The van der Waals surface area contributed by atoms with E-state index in [9.17, 15) is 14.3 Å². The Kier molecular flexibility index (Phi) is 4.37. The minimum atomic E-state index is -0.972. The average Bonchev–Trinajstić information content (AvgIpc) is 2.59. The second kappa shape index (κ2) is 5.67. The normalized spacial score (nSPS) is 20.9. The van der Waals surface area contributed by atoms with Gasteiger partial charge in [-0.25, -0.2) is 4.39 Å². The summed E-state index contributed by atoms with van der Waals surface area (Å²) >= 11 is 0. The predicted molar refractivity (Wildman–Crippen MR) is 82.2 cm³/mol. The molecule has 1 aromatic rings. The summed E-state index contributed by atoms with van der Waals surface area (Å²) in [7, 11) is -0.719. The molecule has 0 saturated carbocycles. The molecule has 22 heavy (non-hydrogen) atoms. The summed E-state index contributed by atoms with van der Waals surface area (Å²) in [6, 6.07) is 4.75. The van der Waals surface area contributed by atoms with Crippen molar-refractivity contribution in [3.63, 3.8) is 0 Å². The summed E-state index contributed by atoms with van der Waals surface area (Å²) in [6.45, 7) is 9.28. The molecule has 120 valence electrons. The van der Waals surface area contributed by atoms with Crippen LogP contribution in [0.2, 0.25) is 0 Å². The smallest absolute Gasteiger partial charge is 0.466 e. The van der Waals surface area contributed by atoms with Crippen molar-refractivity contribution in [2.24, 2.45) is 0 Å². The quantitative estimate of drug-likeness (QED) is 0.867. The lowest BCUT2D eigenvalue weighted by molar-refractivity contribution is -0.137. The van der Waals surface area contributed by atoms with Gasteiger partial charge in [0.2, 0.25) is 0 Å². The summed E-state index contributed by atoms with van der Waals surface area (Å²) < 4.78 is 25.7. The molecule has 6 heteroatoms. The Hall–Kier alpha value is -1.40. The van der Waals surface area contributed by atoms with Crippen LogP contribution in [-0.2, 0) is 14.1 Å². The first kappa shape index (κ1) is 17.0. The van der Waals surface area contributed by atoms with Gasteiger partial charge in [-0.05, 0) is 51.8 Å². The molecule has 1 saturated heterocycles. The van der Waals surface area contributed by atoms with E-state index in [2.05, 4.69) is 0 Å². The van der Waals surface area contributed by atoms with Crippen molar-refractivity contribution in [1.82, 2.24) is 0 Å². The number of hydrogen-bond donors (Lipinski definition) is 1. The van der Waals surface area contributed by atoms with Crippen LogP contribution in [0.1, 0.15) is 51.1 Å². The highest BCUT2D eigenvalue weighted by atomic mass is 19.1. The third kappa shape index (κ3) is 3.18. The van der Waals surface area contributed by atoms with Crippen LogP contribution in [0.4, 0.5) is 4.39 Å². The second-order valence-electron chi connectivity index (χ2n) is 6.84. The summed E-state index contributed by atoms with van der Waals surface area (Å²) in [5, 5.41) is 9.18. The van der Waals surface area contributed by atoms with Gasteiger partial charge in [0.05, 0.1) is 17.6 Å². The minimum absolute atomic E-state index is 0.181. The lowest BCUT2D eigenvalue weighted by Crippen LogP contribution is -2.41. The summed E-state index contributed by atoms with van der Waals surface area (Å²) in [5.41, 5.74) is -0.0225. The average molecular weight is 308 g/mol. The van der Waals surface area contributed by atoms with Crippen LogP contribution in [0.25, 0.3) is 0 Å². The lowest BCUT2D eigenvalue weighted by atomic mass is 9.66. The van der Waals surface area contributed by atoms with Gasteiger partial charge in [0.15, 0.2) is 0 Å². The van der Waals surface area contributed by atoms with E-state index >= 15 is 0 Å². The van der Waals surface area contributed by atoms with Crippen LogP contribution < -0.4 is 0 Å². The number of hydrogen-bond acceptors (Lipinski definition) is 3. The number of aryl methyl sites for hydroxylation is 1. The molecule has 0 bridgehead atoms. The molecule has 1 aliphatic rings. The highest BCUT2D eigenvalue weighted by Crippen LogP contribution is 2.41. The zero-order valence-corrected chi connectivity index (χ0v) is 13.6. The topological polar surface area (TPSA) is 55.8 Å². The lowest BCUT2D eigenvalue weighted by Gasteiger charge is -2.32. The van der Waals surface area contributed by atoms with Gasteiger partial charge in [0.1, 0.15) is 5.82 Å². The monoisotopic (exact) mass is 308 g/mol. The Balaban J connectivity index is 2.35. The summed E-state index contributed by atoms with van der Waals surface area (Å²) in [5.74, 6) is -1.89. The predicted octanol–water partition coefficient (Wildman–Crippen LogP) is 3.32. The first-order chi connectivity index (χ1) is 10.0. The third-order valence-electron chi connectivity index (χ3n) is 4.62. The van der Waals surface area contributed by atoms with Gasteiger partial charge in [-0.3, -0.25) is 4.79 Å². The molecule has 2 rings (SSSR count). The van der Waals surface area contributed by atoms with E-state index in [1.54, 1.807) is 19.1 Å². The molecule has 1 heterocycles. The molecule has 1 unspecified atom stereocenters. The third-order valence-corrected chi connectivity index (χ3v) is 4.62. The molecule has 0 spiro atoms. The van der Waals surface area contributed by atoms with E-state index in [1.807, 2.05) is 27.7 Å². The van der Waals surface area contributed by atoms with Crippen molar-refractivity contribution in [1.29, 1.82) is 0 Å². The van der Waals surface area contributed by atoms with E-state index in [0.29, 0.717) is 11.1 Å². The van der Waals surface area contributed by atoms with Gasteiger partial charge in [-0.1, -0.05) is 12.1 Å². The molecule has 0 aliphatic carbocycles. The molecule has 4 nitrogen and oxygen atoms in total. The first-order valence-corrected chi connectivity index (χ1v) is 7.37. The summed E-state index contributed by atoms with van der Waals surface area (Å²) in [6.07, 6.45) is -0.181. The number of halogens is 1. The van der Waals surface area contributed by atoms with Gasteiger partial charge in [0, 0.05) is 5.82 Å². The first-order valence-electron chi connectivity index (χ1n) is 7.37. The highest BCUT2D eigenvalue weighted by molar-refractivity contribution is 6.48. The zero-order valence-electron chi connectivity index (χ0n) is 13.6. The van der Waals surface area contributed by atoms with E-state index in [1.165, 1.54) is 6.07 Å². The second-order valence-corrected chi connectivity index (χ2v) is 6.84. The van der Waals surface area contributed by atoms with Gasteiger partial charge >= 0.3 is 13.1 Å². The van der Waals surface area contributed by atoms with Crippen LogP contribution in [0.5, 0.6) is 0 Å². The number of carbonyl (C=O) groups is 1. The largest absolute Gasteiger partial charge is 0.481 e. The van der Waals surface area contributed by atoms with Crippen LogP contribution >= 0.6 is 0 Å². The maximum absolute atomic E-state index is 13.8. The van der Waals surface area contributed by atoms with Crippen molar-refractivity contribution in [2.75, 3.05) is 0 Å². The molecular weight excluding hydrogens is 286 g/mol. The maximum Gasteiger partial charge on any atom is 0.466 e. The number of carboxylic acids is 1. The molecule has 0 aromatic heterocycles. The molecule has 0 radical (unpaired) electrons. The minimum Gasteiger partial charge on any atom is -0.481 e. The molecule has 1 aliphatic heterocycles. The molecule has 1 aromatic carbocycles. The zero-order chi connectivity index (χ0) is 16.7. The van der Waals surface area contributed by atoms with Crippen LogP contribution in [-0.4, -0.2) is 29.4 Å². The van der Waals surface area contributed by atoms with E-state index in [-0.39, 0.29) is 12.2 Å². The van der Waals surface area contributed by atoms with Crippen molar-refractivity contribution in [3.05, 3.63) is 35.1 Å². The fourth-order valence-corrected chi connectivity index (χ4v) is 2.45. The fourth-order valence-electron chi connectivity index (χ4n) is 2.45. The SMILES string of the molecule is Cc1ccc(C(CC(=O)O)B2OC(C)(C)C(C)(C)O2)cc1F. The Labute approximate surface area is 130 Å². The van der Waals surface area contributed by atoms with Crippen molar-refractivity contribution >= 4 is 13.1 Å². The van der Waals surface area contributed by atoms with Crippen LogP contribution in [0.15, 0.2) is 18.2 Å². The van der Waals surface area contributed by atoms with Gasteiger partial charge < -0.3 is 14.4 Å². The molecule has 1 N–H and O–H groups in total. The van der Waals surface area contributed by atoms with Crippen molar-refractivity contribution in [2.45, 2.75) is 58.1 Å². The van der Waals surface area contributed by atoms with E-state index in [4.69, 9.17) is 9.31 Å². The standard InChI is InChI=1S/C16H22BFO4/c1-10-6-7-11(8-13(10)18)12(9-14(19)20)17-21-15(2,3)16(4,5)22-17/h6-8,12H,9H2,1-5H3,(H,19,20). The highest BCUT2D eigenvalue weighted by Gasteiger charge is 2.54. The Morgan fingerprint density at radius 3 is 2.27 bits per heavy atom. The van der Waals surface area contributed by atoms with E-state index in [0.717, 1.165) is 0 Å². The maximum atomic E-state index is 13.8. The number of aliphatic carboxylic acids is 1. The number of carboxylic acid groups (broad SMARTS) is 1. The van der Waals surface area contributed by atoms with Crippen LogP contribution in [0, 0.1) is 12.7 Å². The Morgan fingerprint density at radius 1 is 1.27 bits per heavy atom. The molecule has 1 atom stereocenters. The van der Waals surface area contributed by atoms with Gasteiger partial charge in [-0.2, -0.15) is 0 Å². The number of benzene rings is 1. The van der Waals surface area contributed by atoms with Crippen molar-refractivity contribution in [3.8, 4) is 0 Å². The van der Waals surface area contributed by atoms with Crippen molar-refractivity contribution < 1.29 is 23.6 Å². The number of rotatable bonds is 4. The summed E-state index contributed by atoms with van der Waals surface area (Å²) in [4.78, 5) is 11.2. The molecular formula is C16H22BFO4. The molecule has 0 amide bonds. The van der Waals surface area contributed by atoms with Gasteiger partial charge in [-0.15, -0.1) is 0 Å². The Morgan fingerprint density at radius 2 is 1.82 bits per heavy atom. The van der Waals surface area contributed by atoms with E-state index < -0.39 is 30.1 Å².